The number of carbonyl (C=O) groups is 3. The molecule has 1 heterocycles. The van der Waals surface area contributed by atoms with E-state index in [-0.39, 0.29) is 12.5 Å². The lowest BCUT2D eigenvalue weighted by Gasteiger charge is -2.07. The van der Waals surface area contributed by atoms with E-state index in [0.29, 0.717) is 22.3 Å². The Morgan fingerprint density at radius 3 is 2.72 bits per heavy atom. The van der Waals surface area contributed by atoms with Crippen LogP contribution in [-0.4, -0.2) is 17.7 Å². The fourth-order valence-corrected chi connectivity index (χ4v) is 1.76. The minimum Gasteiger partial charge on any atom is -0.348 e. The first kappa shape index (κ1) is 12.0. The second kappa shape index (κ2) is 4.44. The first-order valence-electron chi connectivity index (χ1n) is 5.42. The molecule has 0 fully saturated rings. The molecule has 1 aliphatic rings. The molecule has 0 bridgehead atoms. The van der Waals surface area contributed by atoms with Crippen LogP contribution in [0.15, 0.2) is 30.4 Å². The molecule has 0 saturated carbocycles. The fourth-order valence-electron chi connectivity index (χ4n) is 1.76. The van der Waals surface area contributed by atoms with Gasteiger partial charge in [0.25, 0.3) is 11.8 Å². The molecule has 1 aliphatic heterocycles. The number of imide groups is 1. The third kappa shape index (κ3) is 2.02. The van der Waals surface area contributed by atoms with Crippen LogP contribution in [-0.2, 0) is 11.3 Å². The molecule has 2 rings (SSSR count). The molecule has 0 radical (unpaired) electrons. The highest BCUT2D eigenvalue weighted by Crippen LogP contribution is 2.19. The average Bonchev–Trinajstić information content (AvgIpc) is 2.62. The number of carbonyl (C=O) groups excluding carboxylic acids is 3. The Kier molecular flexibility index (Phi) is 2.97. The van der Waals surface area contributed by atoms with Crippen molar-refractivity contribution in [2.75, 3.05) is 0 Å². The van der Waals surface area contributed by atoms with Crippen molar-refractivity contribution in [1.82, 2.24) is 10.6 Å². The van der Waals surface area contributed by atoms with Crippen molar-refractivity contribution < 1.29 is 14.4 Å². The van der Waals surface area contributed by atoms with Crippen LogP contribution < -0.4 is 10.6 Å². The highest BCUT2D eigenvalue weighted by atomic mass is 16.2. The summed E-state index contributed by atoms with van der Waals surface area (Å²) in [6.45, 7) is 5.31. The van der Waals surface area contributed by atoms with Gasteiger partial charge in [-0.15, -0.1) is 0 Å². The van der Waals surface area contributed by atoms with E-state index in [9.17, 15) is 14.4 Å². The third-order valence-electron chi connectivity index (χ3n) is 2.68. The van der Waals surface area contributed by atoms with Gasteiger partial charge in [0.15, 0.2) is 0 Å². The first-order chi connectivity index (χ1) is 8.50. The molecule has 5 heteroatoms. The topological polar surface area (TPSA) is 75.3 Å². The summed E-state index contributed by atoms with van der Waals surface area (Å²) in [4.78, 5) is 34.4. The molecule has 0 saturated heterocycles. The highest BCUT2D eigenvalue weighted by molar-refractivity contribution is 6.22. The Morgan fingerprint density at radius 1 is 1.33 bits per heavy atom. The van der Waals surface area contributed by atoms with Crippen molar-refractivity contribution in [2.45, 2.75) is 13.5 Å². The summed E-state index contributed by atoms with van der Waals surface area (Å²) in [5, 5.41) is 4.86. The molecule has 0 unspecified atom stereocenters. The Labute approximate surface area is 104 Å². The second-order valence-corrected chi connectivity index (χ2v) is 4.09. The molecule has 0 aliphatic carbocycles. The van der Waals surface area contributed by atoms with Crippen molar-refractivity contribution in [3.8, 4) is 0 Å². The summed E-state index contributed by atoms with van der Waals surface area (Å²) in [6, 6.07) is 4.97. The maximum atomic E-state index is 11.6. The Bertz CT molecular complexity index is 576. The number of hydrogen-bond donors (Lipinski definition) is 2. The molecule has 18 heavy (non-hydrogen) atoms. The smallest absolute Gasteiger partial charge is 0.259 e. The molecule has 5 nitrogen and oxygen atoms in total. The van der Waals surface area contributed by atoms with Crippen molar-refractivity contribution in [1.29, 1.82) is 0 Å². The van der Waals surface area contributed by atoms with Crippen LogP contribution in [0.2, 0.25) is 0 Å². The highest BCUT2D eigenvalue weighted by Gasteiger charge is 2.28. The van der Waals surface area contributed by atoms with Gasteiger partial charge in [0, 0.05) is 12.1 Å². The number of hydrogen-bond acceptors (Lipinski definition) is 3. The maximum absolute atomic E-state index is 11.6. The zero-order valence-electron chi connectivity index (χ0n) is 9.87. The van der Waals surface area contributed by atoms with Gasteiger partial charge in [0.2, 0.25) is 5.91 Å². The van der Waals surface area contributed by atoms with E-state index in [1.807, 2.05) is 0 Å². The standard InChI is InChI=1S/C13H12N2O3/c1-7(2)11(16)14-6-8-4-3-5-9-10(8)13(18)15-12(9)17/h3-5H,1,6H2,2H3,(H,14,16)(H,15,17,18). The number of amides is 3. The van der Waals surface area contributed by atoms with Crippen molar-refractivity contribution in [2.24, 2.45) is 0 Å². The van der Waals surface area contributed by atoms with Gasteiger partial charge in [0.05, 0.1) is 11.1 Å². The third-order valence-corrected chi connectivity index (χ3v) is 2.68. The monoisotopic (exact) mass is 244 g/mol. The van der Waals surface area contributed by atoms with Crippen molar-refractivity contribution >= 4 is 17.7 Å². The van der Waals surface area contributed by atoms with Crippen LogP contribution in [0.25, 0.3) is 0 Å². The van der Waals surface area contributed by atoms with Gasteiger partial charge >= 0.3 is 0 Å². The lowest BCUT2D eigenvalue weighted by atomic mass is 10.0. The van der Waals surface area contributed by atoms with Gasteiger partial charge in [-0.3, -0.25) is 19.7 Å². The van der Waals surface area contributed by atoms with E-state index in [4.69, 9.17) is 0 Å². The summed E-state index contributed by atoms with van der Waals surface area (Å²) >= 11 is 0. The number of rotatable bonds is 3. The largest absolute Gasteiger partial charge is 0.348 e. The van der Waals surface area contributed by atoms with Crippen LogP contribution in [0.5, 0.6) is 0 Å². The summed E-state index contributed by atoms with van der Waals surface area (Å²) < 4.78 is 0. The molecule has 1 aromatic carbocycles. The molecule has 1 aromatic rings. The predicted molar refractivity (Wildman–Crippen MR) is 64.9 cm³/mol. The lowest BCUT2D eigenvalue weighted by molar-refractivity contribution is -0.117. The molecule has 2 N–H and O–H groups in total. The number of nitrogens with one attached hydrogen (secondary N) is 2. The van der Waals surface area contributed by atoms with E-state index in [1.54, 1.807) is 25.1 Å². The minimum absolute atomic E-state index is 0.190. The molecule has 3 amide bonds. The normalized spacial score (nSPS) is 12.9. The molecular formula is C13H12N2O3. The molecule has 92 valence electrons. The number of benzene rings is 1. The fraction of sp³-hybridized carbons (Fsp3) is 0.154. The van der Waals surface area contributed by atoms with E-state index in [1.165, 1.54) is 0 Å². The van der Waals surface area contributed by atoms with Gasteiger partial charge in [0.1, 0.15) is 0 Å². The van der Waals surface area contributed by atoms with Gasteiger partial charge in [-0.05, 0) is 18.6 Å². The van der Waals surface area contributed by atoms with Crippen molar-refractivity contribution in [3.63, 3.8) is 0 Å². The molecule has 0 spiro atoms. The molecule has 0 atom stereocenters. The minimum atomic E-state index is -0.421. The van der Waals surface area contributed by atoms with Gasteiger partial charge in [-0.25, -0.2) is 0 Å². The zero-order valence-corrected chi connectivity index (χ0v) is 9.87. The second-order valence-electron chi connectivity index (χ2n) is 4.09. The van der Waals surface area contributed by atoms with E-state index >= 15 is 0 Å². The summed E-state index contributed by atoms with van der Waals surface area (Å²) in [5.74, 6) is -1.10. The quantitative estimate of drug-likeness (QED) is 0.609. The first-order valence-corrected chi connectivity index (χ1v) is 5.42. The van der Waals surface area contributed by atoms with E-state index in [2.05, 4.69) is 17.2 Å². The summed E-state index contributed by atoms with van der Waals surface area (Å²) in [5.41, 5.74) is 1.69. The van der Waals surface area contributed by atoms with Gasteiger partial charge in [-0.2, -0.15) is 0 Å². The molecule has 0 aromatic heterocycles. The summed E-state index contributed by atoms with van der Waals surface area (Å²) in [6.07, 6.45) is 0. The summed E-state index contributed by atoms with van der Waals surface area (Å²) in [7, 11) is 0. The Morgan fingerprint density at radius 2 is 2.06 bits per heavy atom. The van der Waals surface area contributed by atoms with Crippen LogP contribution in [0.4, 0.5) is 0 Å². The van der Waals surface area contributed by atoms with Gasteiger partial charge < -0.3 is 5.32 Å². The van der Waals surface area contributed by atoms with Crippen LogP contribution in [0.1, 0.15) is 33.2 Å². The Hall–Kier alpha value is -2.43. The van der Waals surface area contributed by atoms with E-state index < -0.39 is 11.8 Å². The predicted octanol–water partition coefficient (Wildman–Crippen LogP) is 0.762. The molecular weight excluding hydrogens is 232 g/mol. The average molecular weight is 244 g/mol. The van der Waals surface area contributed by atoms with E-state index in [0.717, 1.165) is 0 Å². The SMILES string of the molecule is C=C(C)C(=O)NCc1cccc2c1C(=O)NC2=O. The lowest BCUT2D eigenvalue weighted by Crippen LogP contribution is -2.24. The Balaban J connectivity index is 2.26. The zero-order chi connectivity index (χ0) is 13.3. The number of fused-ring (bicyclic) bond motifs is 1. The van der Waals surface area contributed by atoms with Crippen molar-refractivity contribution in [3.05, 3.63) is 47.0 Å². The van der Waals surface area contributed by atoms with Crippen LogP contribution in [0.3, 0.4) is 0 Å². The maximum Gasteiger partial charge on any atom is 0.259 e. The van der Waals surface area contributed by atoms with Crippen LogP contribution in [0, 0.1) is 0 Å². The van der Waals surface area contributed by atoms with Crippen LogP contribution >= 0.6 is 0 Å². The van der Waals surface area contributed by atoms with Gasteiger partial charge in [-0.1, -0.05) is 18.7 Å².